The Hall–Kier alpha value is -3.00. The molecule has 1 aromatic carbocycles. The van der Waals surface area contributed by atoms with Gasteiger partial charge in [-0.1, -0.05) is 47.7 Å². The van der Waals surface area contributed by atoms with Gasteiger partial charge in [-0.05, 0) is 48.0 Å². The summed E-state index contributed by atoms with van der Waals surface area (Å²) < 4.78 is 9.56. The second-order valence-electron chi connectivity index (χ2n) is 7.26. The molecule has 7 nitrogen and oxygen atoms in total. The summed E-state index contributed by atoms with van der Waals surface area (Å²) in [7, 11) is 0. The van der Waals surface area contributed by atoms with Crippen molar-refractivity contribution < 1.29 is 14.0 Å². The number of carbonyl (C=O) groups excluding carboxylic acids is 2. The normalized spacial score (nSPS) is 16.4. The van der Waals surface area contributed by atoms with E-state index in [1.54, 1.807) is 17.5 Å². The highest BCUT2D eigenvalue weighted by molar-refractivity contribution is 7.03. The van der Waals surface area contributed by atoms with Gasteiger partial charge in [0.1, 0.15) is 5.76 Å². The minimum Gasteiger partial charge on any atom is -0.466 e. The molecule has 29 heavy (non-hydrogen) atoms. The molecule has 2 N–H and O–H groups in total. The number of primary amides is 1. The zero-order valence-electron chi connectivity index (χ0n) is 15.9. The first-order valence-electron chi connectivity index (χ1n) is 9.61. The van der Waals surface area contributed by atoms with Crippen LogP contribution in [0.15, 0.2) is 58.5 Å². The van der Waals surface area contributed by atoms with Crippen LogP contribution in [0.5, 0.6) is 0 Å². The molecule has 2 heterocycles. The van der Waals surface area contributed by atoms with Crippen LogP contribution < -0.4 is 5.73 Å². The second-order valence-corrected chi connectivity index (χ2v) is 7.87. The van der Waals surface area contributed by atoms with Crippen LogP contribution in [0.3, 0.4) is 0 Å². The Balaban J connectivity index is 1.89. The number of hydrogen-bond acceptors (Lipinski definition) is 6. The van der Waals surface area contributed by atoms with E-state index in [-0.39, 0.29) is 24.1 Å². The number of furan rings is 1. The molecule has 1 atom stereocenters. The molecule has 1 aliphatic rings. The summed E-state index contributed by atoms with van der Waals surface area (Å²) in [5.74, 6) is -0.716. The van der Waals surface area contributed by atoms with Crippen LogP contribution in [0.25, 0.3) is 0 Å². The van der Waals surface area contributed by atoms with Gasteiger partial charge in [-0.2, -0.15) is 0 Å². The molecule has 0 radical (unpaired) electrons. The summed E-state index contributed by atoms with van der Waals surface area (Å²) in [6.07, 6.45) is 5.05. The molecule has 0 saturated heterocycles. The number of rotatable bonds is 7. The average Bonchev–Trinajstić information content (AvgIpc) is 3.51. The molecule has 2 amide bonds. The van der Waals surface area contributed by atoms with Gasteiger partial charge < -0.3 is 15.1 Å². The largest absolute Gasteiger partial charge is 0.466 e. The number of amides is 2. The van der Waals surface area contributed by atoms with Gasteiger partial charge in [0.15, 0.2) is 11.2 Å². The van der Waals surface area contributed by atoms with Crippen LogP contribution in [-0.4, -0.2) is 26.3 Å². The Bertz CT molecular complexity index is 953. The Morgan fingerprint density at radius 3 is 2.52 bits per heavy atom. The van der Waals surface area contributed by atoms with Crippen molar-refractivity contribution in [1.82, 2.24) is 14.5 Å². The zero-order chi connectivity index (χ0) is 20.3. The van der Waals surface area contributed by atoms with Crippen molar-refractivity contribution in [2.75, 3.05) is 0 Å². The predicted molar refractivity (Wildman–Crippen MR) is 108 cm³/mol. The number of aromatic nitrogens is 2. The first-order valence-corrected chi connectivity index (χ1v) is 10.4. The van der Waals surface area contributed by atoms with Gasteiger partial charge in [-0.15, -0.1) is 5.10 Å². The van der Waals surface area contributed by atoms with Crippen LogP contribution >= 0.6 is 11.5 Å². The van der Waals surface area contributed by atoms with Gasteiger partial charge in [0.05, 0.1) is 6.26 Å². The Morgan fingerprint density at radius 2 is 1.93 bits per heavy atom. The molecule has 1 unspecified atom stereocenters. The summed E-state index contributed by atoms with van der Waals surface area (Å²) in [6.45, 7) is 0.206. The van der Waals surface area contributed by atoms with Gasteiger partial charge in [0.25, 0.3) is 11.8 Å². The van der Waals surface area contributed by atoms with Gasteiger partial charge in [-0.3, -0.25) is 9.59 Å². The molecule has 4 rings (SSSR count). The van der Waals surface area contributed by atoms with Crippen LogP contribution in [0, 0.1) is 5.92 Å². The first-order chi connectivity index (χ1) is 14.1. The summed E-state index contributed by atoms with van der Waals surface area (Å²) in [5.41, 5.74) is 5.75. The SMILES string of the molecule is NC(=O)C(c1ccco1)(C1CCCC1)N(Cc1ccccc1)C(=O)c1csnn1. The first kappa shape index (κ1) is 19.3. The lowest BCUT2D eigenvalue weighted by molar-refractivity contribution is -0.135. The van der Waals surface area contributed by atoms with Crippen molar-refractivity contribution in [2.45, 2.75) is 37.8 Å². The van der Waals surface area contributed by atoms with E-state index in [1.807, 2.05) is 30.3 Å². The zero-order valence-corrected chi connectivity index (χ0v) is 16.7. The second kappa shape index (κ2) is 8.16. The molecule has 0 aliphatic heterocycles. The van der Waals surface area contributed by atoms with Crippen molar-refractivity contribution >= 4 is 23.3 Å². The van der Waals surface area contributed by atoms with E-state index in [9.17, 15) is 9.59 Å². The Labute approximate surface area is 172 Å². The van der Waals surface area contributed by atoms with Crippen molar-refractivity contribution in [3.63, 3.8) is 0 Å². The standard InChI is InChI=1S/C21H22N4O3S/c22-20(27)21(16-9-4-5-10-16,18-11-6-12-28-18)25(13-15-7-2-1-3-8-15)19(26)17-14-29-24-23-17/h1-3,6-8,11-12,14,16H,4-5,9-10,13H2,(H2,22,27). The van der Waals surface area contributed by atoms with Crippen molar-refractivity contribution in [3.8, 4) is 0 Å². The highest BCUT2D eigenvalue weighted by Gasteiger charge is 2.55. The Kier molecular flexibility index (Phi) is 5.44. The van der Waals surface area contributed by atoms with E-state index in [0.717, 1.165) is 42.8 Å². The van der Waals surface area contributed by atoms with Gasteiger partial charge >= 0.3 is 0 Å². The number of nitrogens with zero attached hydrogens (tertiary/aromatic N) is 3. The fourth-order valence-corrected chi connectivity index (χ4v) is 4.80. The maximum atomic E-state index is 13.6. The van der Waals surface area contributed by atoms with E-state index in [2.05, 4.69) is 9.59 Å². The van der Waals surface area contributed by atoms with E-state index >= 15 is 0 Å². The lowest BCUT2D eigenvalue weighted by atomic mass is 9.77. The number of benzene rings is 1. The van der Waals surface area contributed by atoms with E-state index < -0.39 is 11.4 Å². The van der Waals surface area contributed by atoms with Crippen LogP contribution in [0.4, 0.5) is 0 Å². The number of carbonyl (C=O) groups is 2. The molecular formula is C21H22N4O3S. The summed E-state index contributed by atoms with van der Waals surface area (Å²) in [5, 5.41) is 5.54. The number of hydrogen-bond donors (Lipinski definition) is 1. The van der Waals surface area contributed by atoms with E-state index in [4.69, 9.17) is 10.2 Å². The molecule has 3 aromatic rings. The van der Waals surface area contributed by atoms with Gasteiger partial charge in [-0.25, -0.2) is 0 Å². The highest BCUT2D eigenvalue weighted by Crippen LogP contribution is 2.46. The van der Waals surface area contributed by atoms with Crippen LogP contribution in [0.2, 0.25) is 0 Å². The summed E-state index contributed by atoms with van der Waals surface area (Å²) in [6, 6.07) is 13.0. The predicted octanol–water partition coefficient (Wildman–Crippen LogP) is 3.34. The molecule has 1 saturated carbocycles. The lowest BCUT2D eigenvalue weighted by Gasteiger charge is -2.44. The van der Waals surface area contributed by atoms with Gasteiger partial charge in [0, 0.05) is 11.9 Å². The third-order valence-corrected chi connectivity index (χ3v) is 6.16. The smallest absolute Gasteiger partial charge is 0.276 e. The van der Waals surface area contributed by atoms with Gasteiger partial charge in [0.2, 0.25) is 0 Å². The third kappa shape index (κ3) is 3.44. The molecule has 150 valence electrons. The molecular weight excluding hydrogens is 388 g/mol. The molecule has 1 aliphatic carbocycles. The van der Waals surface area contributed by atoms with E-state index in [1.165, 1.54) is 11.2 Å². The van der Waals surface area contributed by atoms with E-state index in [0.29, 0.717) is 5.76 Å². The minimum absolute atomic E-state index is 0.134. The summed E-state index contributed by atoms with van der Waals surface area (Å²) in [4.78, 5) is 28.3. The van der Waals surface area contributed by atoms with Crippen LogP contribution in [-0.2, 0) is 16.9 Å². The molecule has 0 spiro atoms. The maximum absolute atomic E-state index is 13.6. The average molecular weight is 410 g/mol. The lowest BCUT2D eigenvalue weighted by Crippen LogP contribution is -2.60. The molecule has 2 aromatic heterocycles. The quantitative estimate of drug-likeness (QED) is 0.643. The van der Waals surface area contributed by atoms with Crippen LogP contribution in [0.1, 0.15) is 47.5 Å². The Morgan fingerprint density at radius 1 is 1.17 bits per heavy atom. The topological polar surface area (TPSA) is 102 Å². The monoisotopic (exact) mass is 410 g/mol. The maximum Gasteiger partial charge on any atom is 0.276 e. The van der Waals surface area contributed by atoms with Crippen molar-refractivity contribution in [2.24, 2.45) is 11.7 Å². The third-order valence-electron chi connectivity index (χ3n) is 5.65. The molecule has 8 heteroatoms. The number of nitrogens with two attached hydrogens (primary N) is 1. The fourth-order valence-electron chi connectivity index (χ4n) is 4.37. The highest BCUT2D eigenvalue weighted by atomic mass is 32.1. The fraction of sp³-hybridized carbons (Fsp3) is 0.333. The summed E-state index contributed by atoms with van der Waals surface area (Å²) >= 11 is 1.09. The van der Waals surface area contributed by atoms with Crippen molar-refractivity contribution in [3.05, 3.63) is 71.1 Å². The van der Waals surface area contributed by atoms with Crippen molar-refractivity contribution in [1.29, 1.82) is 0 Å². The molecule has 1 fully saturated rings. The minimum atomic E-state index is -1.39. The molecule has 0 bridgehead atoms.